The summed E-state index contributed by atoms with van der Waals surface area (Å²) in [6.45, 7) is 3.30. The number of hydrogen-bond acceptors (Lipinski definition) is 6. The predicted octanol–water partition coefficient (Wildman–Crippen LogP) is 1.08. The van der Waals surface area contributed by atoms with Gasteiger partial charge in [-0.3, -0.25) is 14.4 Å². The summed E-state index contributed by atoms with van der Waals surface area (Å²) in [6.07, 6.45) is 0. The second-order valence-electron chi connectivity index (χ2n) is 3.79. The first kappa shape index (κ1) is 15.4. The van der Waals surface area contributed by atoms with Crippen LogP contribution in [0.25, 0.3) is 0 Å². The van der Waals surface area contributed by atoms with Crippen LogP contribution in [-0.2, 0) is 19.2 Å². The number of nitrogens with zero attached hydrogens (tertiary/aromatic N) is 1. The number of esters is 1. The van der Waals surface area contributed by atoms with E-state index in [1.54, 1.807) is 6.07 Å². The number of hydrogen-bond donors (Lipinski definition) is 0. The second kappa shape index (κ2) is 6.46. The molecule has 0 saturated heterocycles. The molecule has 0 aliphatic rings. The third-order valence-electron chi connectivity index (χ3n) is 2.06. The topological polar surface area (TPSA) is 90.0 Å². The fourth-order valence-electron chi connectivity index (χ4n) is 1.37. The summed E-state index contributed by atoms with van der Waals surface area (Å²) in [5.74, 6) is -3.14. The molecule has 0 fully saturated rings. The highest BCUT2D eigenvalue weighted by atomic mass is 16.7. The van der Waals surface area contributed by atoms with E-state index in [4.69, 9.17) is 4.74 Å². The van der Waals surface area contributed by atoms with Crippen LogP contribution in [0.2, 0.25) is 0 Å². The van der Waals surface area contributed by atoms with Crippen molar-refractivity contribution >= 4 is 23.8 Å². The smallest absolute Gasteiger partial charge is 0.330 e. The summed E-state index contributed by atoms with van der Waals surface area (Å²) in [5, 5.41) is 0.310. The number of amides is 2. The summed E-state index contributed by atoms with van der Waals surface area (Å²) in [4.78, 5) is 49.9. The molecule has 1 aromatic carbocycles. The van der Waals surface area contributed by atoms with Gasteiger partial charge >= 0.3 is 11.9 Å². The van der Waals surface area contributed by atoms with E-state index in [1.807, 2.05) is 0 Å². The Bertz CT molecular complexity index is 566. The average molecular weight is 279 g/mol. The lowest BCUT2D eigenvalue weighted by Crippen LogP contribution is -2.37. The molecule has 0 unspecified atom stereocenters. The first-order valence-corrected chi connectivity index (χ1v) is 5.64. The molecule has 0 aliphatic heterocycles. The van der Waals surface area contributed by atoms with E-state index in [0.29, 0.717) is 5.06 Å². The van der Waals surface area contributed by atoms with Crippen LogP contribution < -0.4 is 4.74 Å². The molecule has 0 N–H and O–H groups in total. The number of benzene rings is 1. The van der Waals surface area contributed by atoms with Crippen molar-refractivity contribution in [3.05, 3.63) is 29.8 Å². The predicted molar refractivity (Wildman–Crippen MR) is 66.4 cm³/mol. The van der Waals surface area contributed by atoms with Crippen LogP contribution >= 0.6 is 0 Å². The van der Waals surface area contributed by atoms with Gasteiger partial charge < -0.3 is 9.57 Å². The summed E-state index contributed by atoms with van der Waals surface area (Å²) in [5.41, 5.74) is -0.0702. The van der Waals surface area contributed by atoms with E-state index in [1.165, 1.54) is 25.1 Å². The Labute approximate surface area is 115 Å². The van der Waals surface area contributed by atoms with Gasteiger partial charge in [0.05, 0.1) is 5.56 Å². The third-order valence-corrected chi connectivity index (χ3v) is 2.06. The number of ether oxygens (including phenoxy) is 1. The molecule has 0 bridgehead atoms. The lowest BCUT2D eigenvalue weighted by molar-refractivity contribution is -0.183. The maximum atomic E-state index is 12.2. The minimum absolute atomic E-state index is 0.0246. The molecular formula is C13H13NO6. The summed E-state index contributed by atoms with van der Waals surface area (Å²) >= 11 is 0. The highest BCUT2D eigenvalue weighted by molar-refractivity contribution is 6.05. The maximum absolute atomic E-state index is 12.2. The highest BCUT2D eigenvalue weighted by Crippen LogP contribution is 2.20. The standard InChI is InChI=1S/C13H13NO6/c1-8(15)14(20-10(3)17)13(18)11-6-4-5-7-12(11)19-9(2)16/h4-7H,1-3H3. The van der Waals surface area contributed by atoms with Gasteiger partial charge in [0.15, 0.2) is 0 Å². The van der Waals surface area contributed by atoms with Gasteiger partial charge in [0, 0.05) is 20.8 Å². The van der Waals surface area contributed by atoms with E-state index in [2.05, 4.69) is 4.84 Å². The van der Waals surface area contributed by atoms with Crippen molar-refractivity contribution in [2.45, 2.75) is 20.8 Å². The van der Waals surface area contributed by atoms with Crippen molar-refractivity contribution < 1.29 is 28.8 Å². The monoisotopic (exact) mass is 279 g/mol. The molecule has 106 valence electrons. The molecule has 1 rings (SSSR count). The molecular weight excluding hydrogens is 266 g/mol. The molecule has 0 atom stereocenters. The van der Waals surface area contributed by atoms with E-state index >= 15 is 0 Å². The van der Waals surface area contributed by atoms with E-state index in [0.717, 1.165) is 13.8 Å². The summed E-state index contributed by atoms with van der Waals surface area (Å²) in [7, 11) is 0. The van der Waals surface area contributed by atoms with Crippen molar-refractivity contribution in [3.8, 4) is 5.75 Å². The Morgan fingerprint density at radius 2 is 1.55 bits per heavy atom. The minimum atomic E-state index is -0.899. The molecule has 20 heavy (non-hydrogen) atoms. The van der Waals surface area contributed by atoms with Crippen LogP contribution in [0.15, 0.2) is 24.3 Å². The molecule has 7 nitrogen and oxygen atoms in total. The van der Waals surface area contributed by atoms with Crippen molar-refractivity contribution in [1.29, 1.82) is 0 Å². The van der Waals surface area contributed by atoms with Crippen molar-refractivity contribution in [2.75, 3.05) is 0 Å². The van der Waals surface area contributed by atoms with Crippen LogP contribution in [0, 0.1) is 0 Å². The number of para-hydroxylation sites is 1. The normalized spacial score (nSPS) is 9.55. The maximum Gasteiger partial charge on any atom is 0.330 e. The Morgan fingerprint density at radius 3 is 2.05 bits per heavy atom. The van der Waals surface area contributed by atoms with Gasteiger partial charge in [0.2, 0.25) is 0 Å². The number of carbonyl (C=O) groups excluding carboxylic acids is 4. The molecule has 2 amide bonds. The molecule has 0 radical (unpaired) electrons. The van der Waals surface area contributed by atoms with E-state index < -0.39 is 23.8 Å². The van der Waals surface area contributed by atoms with Crippen molar-refractivity contribution in [3.63, 3.8) is 0 Å². The zero-order valence-corrected chi connectivity index (χ0v) is 11.2. The van der Waals surface area contributed by atoms with Crippen LogP contribution in [0.1, 0.15) is 31.1 Å². The Hall–Kier alpha value is -2.70. The van der Waals surface area contributed by atoms with Crippen LogP contribution in [0.5, 0.6) is 5.75 Å². The van der Waals surface area contributed by atoms with Crippen LogP contribution in [0.4, 0.5) is 0 Å². The van der Waals surface area contributed by atoms with Gasteiger partial charge in [-0.05, 0) is 12.1 Å². The zero-order valence-electron chi connectivity index (χ0n) is 11.2. The van der Waals surface area contributed by atoms with Gasteiger partial charge in [-0.1, -0.05) is 17.2 Å². The summed E-state index contributed by atoms with van der Waals surface area (Å²) in [6, 6.07) is 5.81. The quantitative estimate of drug-likeness (QED) is 0.457. The number of carbonyl (C=O) groups is 4. The average Bonchev–Trinajstić information content (AvgIpc) is 2.34. The van der Waals surface area contributed by atoms with Gasteiger partial charge in [0.1, 0.15) is 5.75 Å². The number of rotatable bonds is 2. The fraction of sp³-hybridized carbons (Fsp3) is 0.231. The number of hydroxylamine groups is 2. The van der Waals surface area contributed by atoms with Crippen molar-refractivity contribution in [1.82, 2.24) is 5.06 Å². The molecule has 7 heteroatoms. The van der Waals surface area contributed by atoms with E-state index in [9.17, 15) is 19.2 Å². The largest absolute Gasteiger partial charge is 0.426 e. The lowest BCUT2D eigenvalue weighted by atomic mass is 10.2. The van der Waals surface area contributed by atoms with Crippen LogP contribution in [0.3, 0.4) is 0 Å². The molecule has 1 aromatic rings. The minimum Gasteiger partial charge on any atom is -0.426 e. The molecule has 0 spiro atoms. The second-order valence-corrected chi connectivity index (χ2v) is 3.79. The van der Waals surface area contributed by atoms with Gasteiger partial charge in [-0.15, -0.1) is 0 Å². The Kier molecular flexibility index (Phi) is 4.96. The Balaban J connectivity index is 3.14. The Morgan fingerprint density at radius 1 is 0.950 bits per heavy atom. The lowest BCUT2D eigenvalue weighted by Gasteiger charge is -2.17. The summed E-state index contributed by atoms with van der Waals surface area (Å²) < 4.78 is 4.86. The molecule has 0 aromatic heterocycles. The highest BCUT2D eigenvalue weighted by Gasteiger charge is 2.26. The SMILES string of the molecule is CC(=O)Oc1ccccc1C(=O)N(OC(C)=O)C(C)=O. The van der Waals surface area contributed by atoms with E-state index in [-0.39, 0.29) is 11.3 Å². The third kappa shape index (κ3) is 3.91. The van der Waals surface area contributed by atoms with Crippen LogP contribution in [-0.4, -0.2) is 28.8 Å². The van der Waals surface area contributed by atoms with Crippen molar-refractivity contribution in [2.24, 2.45) is 0 Å². The fourth-order valence-corrected chi connectivity index (χ4v) is 1.37. The molecule has 0 saturated carbocycles. The first-order chi connectivity index (χ1) is 9.32. The first-order valence-electron chi connectivity index (χ1n) is 5.64. The molecule has 0 heterocycles. The van der Waals surface area contributed by atoms with Gasteiger partial charge in [-0.2, -0.15) is 0 Å². The zero-order chi connectivity index (χ0) is 15.3. The number of imide groups is 1. The van der Waals surface area contributed by atoms with Gasteiger partial charge in [0.25, 0.3) is 11.8 Å². The molecule has 0 aliphatic carbocycles. The van der Waals surface area contributed by atoms with Gasteiger partial charge in [-0.25, -0.2) is 4.79 Å².